The first-order chi connectivity index (χ1) is 10.4. The Balaban J connectivity index is 3.02. The van der Waals surface area contributed by atoms with Crippen LogP contribution in [-0.4, -0.2) is 12.6 Å². The van der Waals surface area contributed by atoms with Crippen molar-refractivity contribution >= 4 is 0 Å². The van der Waals surface area contributed by atoms with Crippen molar-refractivity contribution in [2.24, 2.45) is 5.73 Å². The zero-order valence-electron chi connectivity index (χ0n) is 12.3. The normalized spacial score (nSPS) is 15.3. The van der Waals surface area contributed by atoms with Crippen LogP contribution in [0.5, 0.6) is 0 Å². The Kier molecular flexibility index (Phi) is 6.24. The van der Waals surface area contributed by atoms with Gasteiger partial charge in [-0.05, 0) is 37.1 Å². The van der Waals surface area contributed by atoms with Gasteiger partial charge in [-0.25, -0.2) is 0 Å². The molecule has 2 nitrogen and oxygen atoms in total. The minimum absolute atomic E-state index is 0.0871. The summed E-state index contributed by atoms with van der Waals surface area (Å²) >= 11 is 0. The molecular formula is C15H17F6NO. The van der Waals surface area contributed by atoms with Crippen LogP contribution in [0, 0.1) is 0 Å². The molecule has 23 heavy (non-hydrogen) atoms. The molecule has 0 aromatic heterocycles. The fourth-order valence-corrected chi connectivity index (χ4v) is 1.81. The molecule has 1 rings (SSSR count). The molecule has 0 radical (unpaired) electrons. The largest absolute Gasteiger partial charge is 0.416 e. The number of hydrogen-bond acceptors (Lipinski definition) is 2. The van der Waals surface area contributed by atoms with Gasteiger partial charge in [-0.3, -0.25) is 0 Å². The quantitative estimate of drug-likeness (QED) is 0.601. The van der Waals surface area contributed by atoms with Gasteiger partial charge in [0, 0.05) is 12.6 Å². The molecule has 0 aliphatic carbocycles. The lowest BCUT2D eigenvalue weighted by Crippen LogP contribution is -2.19. The van der Waals surface area contributed by atoms with Crippen LogP contribution >= 0.6 is 0 Å². The summed E-state index contributed by atoms with van der Waals surface area (Å²) in [6.45, 7) is 4.94. The number of nitrogens with two attached hydrogens (primary N) is 1. The SMILES string of the molecule is C=C[C@H](N)CCO[C@H](C)c1cc(C(F)(F)F)cc(C(F)(F)F)c1. The molecular weight excluding hydrogens is 324 g/mol. The highest BCUT2D eigenvalue weighted by Crippen LogP contribution is 2.37. The molecule has 0 spiro atoms. The molecule has 0 saturated heterocycles. The van der Waals surface area contributed by atoms with E-state index in [1.165, 1.54) is 13.0 Å². The van der Waals surface area contributed by atoms with Gasteiger partial charge in [0.05, 0.1) is 17.2 Å². The molecule has 8 heteroatoms. The molecule has 0 fully saturated rings. The molecule has 0 aliphatic heterocycles. The van der Waals surface area contributed by atoms with Gasteiger partial charge in [-0.15, -0.1) is 6.58 Å². The second-order valence-corrected chi connectivity index (χ2v) is 5.04. The highest BCUT2D eigenvalue weighted by atomic mass is 19.4. The Hall–Kier alpha value is -1.54. The van der Waals surface area contributed by atoms with Gasteiger partial charge in [-0.1, -0.05) is 6.08 Å². The van der Waals surface area contributed by atoms with E-state index in [4.69, 9.17) is 10.5 Å². The number of benzene rings is 1. The van der Waals surface area contributed by atoms with Crippen molar-refractivity contribution in [3.05, 3.63) is 47.5 Å². The van der Waals surface area contributed by atoms with Crippen LogP contribution < -0.4 is 5.73 Å². The van der Waals surface area contributed by atoms with E-state index < -0.39 is 29.6 Å². The molecule has 0 heterocycles. The van der Waals surface area contributed by atoms with Crippen molar-refractivity contribution in [2.75, 3.05) is 6.61 Å². The Morgan fingerprint density at radius 1 is 1.09 bits per heavy atom. The Morgan fingerprint density at radius 2 is 1.57 bits per heavy atom. The third-order valence-electron chi connectivity index (χ3n) is 3.20. The van der Waals surface area contributed by atoms with Gasteiger partial charge in [0.15, 0.2) is 0 Å². The van der Waals surface area contributed by atoms with Crippen LogP contribution in [0.25, 0.3) is 0 Å². The van der Waals surface area contributed by atoms with Crippen molar-refractivity contribution in [3.63, 3.8) is 0 Å². The second kappa shape index (κ2) is 7.35. The Labute approximate surface area is 129 Å². The monoisotopic (exact) mass is 341 g/mol. The van der Waals surface area contributed by atoms with E-state index in [2.05, 4.69) is 6.58 Å². The minimum atomic E-state index is -4.87. The van der Waals surface area contributed by atoms with Crippen LogP contribution in [0.15, 0.2) is 30.9 Å². The summed E-state index contributed by atoms with van der Waals surface area (Å²) < 4.78 is 81.9. The molecule has 0 unspecified atom stereocenters. The molecule has 0 amide bonds. The molecule has 130 valence electrons. The number of ether oxygens (including phenoxy) is 1. The van der Waals surface area contributed by atoms with Crippen LogP contribution in [0.2, 0.25) is 0 Å². The van der Waals surface area contributed by atoms with Crippen LogP contribution in [0.1, 0.15) is 36.1 Å². The van der Waals surface area contributed by atoms with Crippen LogP contribution in [0.4, 0.5) is 26.3 Å². The van der Waals surface area contributed by atoms with E-state index in [0.29, 0.717) is 18.6 Å². The molecule has 0 aliphatic rings. The standard InChI is InChI=1S/C15H17F6NO/c1-3-13(22)4-5-23-9(2)10-6-11(14(16,17)18)8-12(7-10)15(19,20)21/h3,6-9,13H,1,4-5,22H2,2H3/t9-,13+/m1/s1. The number of rotatable bonds is 6. The second-order valence-electron chi connectivity index (χ2n) is 5.04. The van der Waals surface area contributed by atoms with Crippen LogP contribution in [0.3, 0.4) is 0 Å². The fourth-order valence-electron chi connectivity index (χ4n) is 1.81. The average molecular weight is 341 g/mol. The maximum atomic E-state index is 12.8. The van der Waals surface area contributed by atoms with E-state index in [1.807, 2.05) is 0 Å². The fraction of sp³-hybridized carbons (Fsp3) is 0.467. The summed E-state index contributed by atoms with van der Waals surface area (Å²) in [4.78, 5) is 0. The summed E-state index contributed by atoms with van der Waals surface area (Å²) in [5.74, 6) is 0. The maximum absolute atomic E-state index is 12.8. The predicted molar refractivity (Wildman–Crippen MR) is 73.6 cm³/mol. The predicted octanol–water partition coefficient (Wildman–Crippen LogP) is 4.71. The molecule has 2 atom stereocenters. The van der Waals surface area contributed by atoms with Crippen molar-refractivity contribution in [1.29, 1.82) is 0 Å². The Bertz CT molecular complexity index is 505. The third-order valence-corrected chi connectivity index (χ3v) is 3.20. The lowest BCUT2D eigenvalue weighted by molar-refractivity contribution is -0.143. The van der Waals surface area contributed by atoms with Crippen molar-refractivity contribution in [1.82, 2.24) is 0 Å². The number of alkyl halides is 6. The van der Waals surface area contributed by atoms with Gasteiger partial charge in [0.2, 0.25) is 0 Å². The summed E-state index contributed by atoms with van der Waals surface area (Å²) in [5.41, 5.74) is 2.65. The van der Waals surface area contributed by atoms with E-state index >= 15 is 0 Å². The van der Waals surface area contributed by atoms with Gasteiger partial charge in [0.1, 0.15) is 0 Å². The van der Waals surface area contributed by atoms with Gasteiger partial charge in [0.25, 0.3) is 0 Å². The van der Waals surface area contributed by atoms with Crippen LogP contribution in [-0.2, 0) is 17.1 Å². The zero-order chi connectivity index (χ0) is 17.8. The summed E-state index contributed by atoms with van der Waals surface area (Å²) in [5, 5.41) is 0. The van der Waals surface area contributed by atoms with E-state index in [0.717, 1.165) is 0 Å². The molecule has 1 aromatic carbocycles. The molecule has 2 N–H and O–H groups in total. The lowest BCUT2D eigenvalue weighted by Gasteiger charge is -2.19. The third kappa shape index (κ3) is 5.87. The number of hydrogen-bond donors (Lipinski definition) is 1. The van der Waals surface area contributed by atoms with Crippen molar-refractivity contribution in [3.8, 4) is 0 Å². The first-order valence-corrected chi connectivity index (χ1v) is 6.74. The van der Waals surface area contributed by atoms with E-state index in [9.17, 15) is 26.3 Å². The van der Waals surface area contributed by atoms with Crippen molar-refractivity contribution < 1.29 is 31.1 Å². The minimum Gasteiger partial charge on any atom is -0.374 e. The maximum Gasteiger partial charge on any atom is 0.416 e. The molecule has 1 aromatic rings. The van der Waals surface area contributed by atoms with E-state index in [-0.39, 0.29) is 24.3 Å². The highest BCUT2D eigenvalue weighted by Gasteiger charge is 2.37. The smallest absolute Gasteiger partial charge is 0.374 e. The highest BCUT2D eigenvalue weighted by molar-refractivity contribution is 5.34. The topological polar surface area (TPSA) is 35.2 Å². The summed E-state index contributed by atoms with van der Waals surface area (Å²) in [7, 11) is 0. The van der Waals surface area contributed by atoms with Crippen molar-refractivity contribution in [2.45, 2.75) is 37.8 Å². The molecule has 0 bridgehead atoms. The number of halogens is 6. The first-order valence-electron chi connectivity index (χ1n) is 6.74. The molecule has 0 saturated carbocycles. The van der Waals surface area contributed by atoms with Gasteiger partial charge >= 0.3 is 12.4 Å². The zero-order valence-corrected chi connectivity index (χ0v) is 12.3. The van der Waals surface area contributed by atoms with E-state index in [1.54, 1.807) is 0 Å². The average Bonchev–Trinajstić information content (AvgIpc) is 2.44. The lowest BCUT2D eigenvalue weighted by atomic mass is 10.0. The van der Waals surface area contributed by atoms with Gasteiger partial charge < -0.3 is 10.5 Å². The van der Waals surface area contributed by atoms with Gasteiger partial charge in [-0.2, -0.15) is 26.3 Å². The summed E-state index contributed by atoms with van der Waals surface area (Å²) in [6, 6.07) is 1.05. The summed E-state index contributed by atoms with van der Waals surface area (Å²) in [6.07, 6.45) is -8.85. The Morgan fingerprint density at radius 3 is 1.96 bits per heavy atom. The first kappa shape index (κ1) is 19.5.